The predicted molar refractivity (Wildman–Crippen MR) is 126 cm³/mol. The molecule has 30 heavy (non-hydrogen) atoms. The molecular formula is C23H24BrClFNO2S. The lowest BCUT2D eigenvalue weighted by atomic mass is 9.77. The predicted octanol–water partition coefficient (Wildman–Crippen LogP) is 6.80. The molecule has 0 N–H and O–H groups in total. The molecule has 0 bridgehead atoms. The van der Waals surface area contributed by atoms with E-state index < -0.39 is 27.5 Å². The van der Waals surface area contributed by atoms with Crippen molar-refractivity contribution in [3.8, 4) is 5.75 Å². The summed E-state index contributed by atoms with van der Waals surface area (Å²) >= 11 is 8.15. The minimum atomic E-state index is -1.41. The molecule has 1 heterocycles. The summed E-state index contributed by atoms with van der Waals surface area (Å²) in [6.07, 6.45) is 4.49. The molecule has 3 nitrogen and oxygen atoms in total. The van der Waals surface area contributed by atoms with Crippen molar-refractivity contribution in [3.05, 3.63) is 75.5 Å². The third kappa shape index (κ3) is 4.47. The first-order chi connectivity index (χ1) is 14.1. The Hall–Kier alpha value is -1.34. The highest BCUT2D eigenvalue weighted by Gasteiger charge is 2.48. The molecule has 1 aliphatic heterocycles. The van der Waals surface area contributed by atoms with Crippen LogP contribution in [0.2, 0.25) is 5.02 Å². The SMILES string of the molecule is C=CCC(/C=N/[S+]([O-])C(C)(C)C)[C@@]1(c2ccccc2)Cc2c(cc(F)c(Cl)c2Br)O1. The molecule has 0 aliphatic carbocycles. The van der Waals surface area contributed by atoms with Gasteiger partial charge in [-0.3, -0.25) is 0 Å². The average molecular weight is 513 g/mol. The second-order valence-corrected chi connectivity index (χ2v) is 11.3. The Morgan fingerprint density at radius 2 is 2.07 bits per heavy atom. The molecule has 0 amide bonds. The summed E-state index contributed by atoms with van der Waals surface area (Å²) in [5.74, 6) is -0.384. The summed E-state index contributed by atoms with van der Waals surface area (Å²) in [6, 6.07) is 11.1. The molecule has 0 spiro atoms. The zero-order chi connectivity index (χ0) is 22.1. The van der Waals surface area contributed by atoms with Gasteiger partial charge in [0.1, 0.15) is 33.3 Å². The van der Waals surface area contributed by atoms with Crippen LogP contribution in [-0.2, 0) is 23.4 Å². The van der Waals surface area contributed by atoms with E-state index in [9.17, 15) is 8.94 Å². The van der Waals surface area contributed by atoms with Gasteiger partial charge in [0.15, 0.2) is 0 Å². The normalized spacial score (nSPS) is 20.6. The van der Waals surface area contributed by atoms with E-state index in [1.807, 2.05) is 51.1 Å². The Kier molecular flexibility index (Phi) is 7.02. The fourth-order valence-electron chi connectivity index (χ4n) is 3.50. The van der Waals surface area contributed by atoms with Gasteiger partial charge in [-0.1, -0.05) is 52.4 Å². The van der Waals surface area contributed by atoms with E-state index in [1.165, 1.54) is 6.07 Å². The number of allylic oxidation sites excluding steroid dienone is 1. The summed E-state index contributed by atoms with van der Waals surface area (Å²) in [7, 11) is 0. The third-order valence-corrected chi connectivity index (χ3v) is 7.93. The lowest BCUT2D eigenvalue weighted by molar-refractivity contribution is 0.0570. The maximum Gasteiger partial charge on any atom is 0.146 e. The Balaban J connectivity index is 2.12. The fraction of sp³-hybridized carbons (Fsp3) is 0.348. The maximum absolute atomic E-state index is 14.3. The summed E-state index contributed by atoms with van der Waals surface area (Å²) in [5.41, 5.74) is 0.859. The summed E-state index contributed by atoms with van der Waals surface area (Å²) in [5, 5.41) is 0.0315. The number of nitrogens with zero attached hydrogens (tertiary/aromatic N) is 1. The number of halogens is 3. The van der Waals surface area contributed by atoms with Gasteiger partial charge in [0.2, 0.25) is 0 Å². The molecular weight excluding hydrogens is 489 g/mol. The zero-order valence-electron chi connectivity index (χ0n) is 17.1. The molecule has 0 aromatic heterocycles. The second-order valence-electron chi connectivity index (χ2n) is 8.24. The lowest BCUT2D eigenvalue weighted by Gasteiger charge is -2.35. The van der Waals surface area contributed by atoms with Crippen molar-refractivity contribution >= 4 is 45.1 Å². The van der Waals surface area contributed by atoms with Crippen LogP contribution < -0.4 is 4.74 Å². The van der Waals surface area contributed by atoms with Crippen LogP contribution in [0.25, 0.3) is 0 Å². The number of fused-ring (bicyclic) bond motifs is 1. The average Bonchev–Trinajstić information content (AvgIpc) is 3.09. The van der Waals surface area contributed by atoms with Gasteiger partial charge in [0.05, 0.1) is 11.2 Å². The van der Waals surface area contributed by atoms with Gasteiger partial charge in [0, 0.05) is 28.4 Å². The number of ether oxygens (including phenoxy) is 1. The van der Waals surface area contributed by atoms with E-state index in [1.54, 1.807) is 12.3 Å². The highest BCUT2D eigenvalue weighted by Crippen LogP contribution is 2.51. The molecule has 0 saturated heterocycles. The molecule has 0 saturated carbocycles. The van der Waals surface area contributed by atoms with E-state index in [4.69, 9.17) is 16.3 Å². The van der Waals surface area contributed by atoms with Crippen molar-refractivity contribution in [2.24, 2.45) is 10.3 Å². The number of hydrogen-bond acceptors (Lipinski definition) is 3. The number of rotatable bonds is 6. The molecule has 1 aliphatic rings. The first-order valence-corrected chi connectivity index (χ1v) is 11.9. The summed E-state index contributed by atoms with van der Waals surface area (Å²) in [4.78, 5) is 0. The van der Waals surface area contributed by atoms with Gasteiger partial charge in [0.25, 0.3) is 0 Å². The molecule has 7 heteroatoms. The van der Waals surface area contributed by atoms with Crippen LogP contribution in [-0.4, -0.2) is 15.5 Å². The van der Waals surface area contributed by atoms with Crippen LogP contribution in [0.5, 0.6) is 5.75 Å². The molecule has 3 rings (SSSR count). The van der Waals surface area contributed by atoms with Crippen molar-refractivity contribution in [1.82, 2.24) is 0 Å². The standard InChI is InChI=1S/C23H24BrClFNO2S/c1-5-9-16(14-27-30(28)22(2,3)4)23(15-10-7-6-8-11-15)13-17-19(29-23)12-18(26)21(25)20(17)24/h5-8,10-12,14,16H,1,9,13H2,2-4H3/b27-14+/t16?,23-,30?/m0/s1. The fourth-order valence-corrected chi connectivity index (χ4v) is 4.77. The van der Waals surface area contributed by atoms with Gasteiger partial charge < -0.3 is 9.29 Å². The minimum absolute atomic E-state index is 0.0315. The molecule has 2 aromatic rings. The van der Waals surface area contributed by atoms with Crippen molar-refractivity contribution < 1.29 is 13.7 Å². The molecule has 2 unspecified atom stereocenters. The quantitative estimate of drug-likeness (QED) is 0.185. The van der Waals surface area contributed by atoms with E-state index in [2.05, 4.69) is 26.9 Å². The number of hydrogen-bond donors (Lipinski definition) is 0. The van der Waals surface area contributed by atoms with Crippen LogP contribution >= 0.6 is 27.5 Å². The van der Waals surface area contributed by atoms with Crippen LogP contribution in [0.3, 0.4) is 0 Å². The van der Waals surface area contributed by atoms with Crippen LogP contribution in [0.1, 0.15) is 38.3 Å². The lowest BCUT2D eigenvalue weighted by Crippen LogP contribution is -2.41. The summed E-state index contributed by atoms with van der Waals surface area (Å²) in [6.45, 7) is 9.51. The Labute approximate surface area is 193 Å². The van der Waals surface area contributed by atoms with Gasteiger partial charge in [-0.05, 0) is 48.7 Å². The van der Waals surface area contributed by atoms with Crippen LogP contribution in [0.4, 0.5) is 4.39 Å². The minimum Gasteiger partial charge on any atom is -0.591 e. The van der Waals surface area contributed by atoms with E-state index in [0.717, 1.165) is 11.1 Å². The Morgan fingerprint density at radius 3 is 2.67 bits per heavy atom. The Bertz CT molecular complexity index is 964. The van der Waals surface area contributed by atoms with Gasteiger partial charge >= 0.3 is 0 Å². The van der Waals surface area contributed by atoms with Gasteiger partial charge in [-0.15, -0.1) is 6.58 Å². The van der Waals surface area contributed by atoms with Crippen molar-refractivity contribution in [2.45, 2.75) is 44.0 Å². The number of benzene rings is 2. The molecule has 0 fully saturated rings. The van der Waals surface area contributed by atoms with E-state index in [-0.39, 0.29) is 10.9 Å². The summed E-state index contributed by atoms with van der Waals surface area (Å²) < 4.78 is 37.7. The van der Waals surface area contributed by atoms with Gasteiger partial charge in [-0.2, -0.15) is 0 Å². The highest BCUT2D eigenvalue weighted by molar-refractivity contribution is 9.10. The first kappa shape index (κ1) is 23.3. The van der Waals surface area contributed by atoms with E-state index in [0.29, 0.717) is 23.1 Å². The maximum atomic E-state index is 14.3. The van der Waals surface area contributed by atoms with Crippen molar-refractivity contribution in [1.29, 1.82) is 0 Å². The third-order valence-electron chi connectivity index (χ3n) is 5.10. The molecule has 160 valence electrons. The van der Waals surface area contributed by atoms with Crippen LogP contribution in [0, 0.1) is 11.7 Å². The zero-order valence-corrected chi connectivity index (χ0v) is 20.3. The Morgan fingerprint density at radius 1 is 1.40 bits per heavy atom. The second kappa shape index (κ2) is 9.03. The van der Waals surface area contributed by atoms with Crippen LogP contribution in [0.15, 0.2) is 57.9 Å². The van der Waals surface area contributed by atoms with Crippen molar-refractivity contribution in [2.75, 3.05) is 0 Å². The van der Waals surface area contributed by atoms with E-state index >= 15 is 0 Å². The molecule has 0 radical (unpaired) electrons. The smallest absolute Gasteiger partial charge is 0.146 e. The molecule has 2 aromatic carbocycles. The first-order valence-electron chi connectivity index (χ1n) is 9.58. The molecule has 3 atom stereocenters. The highest BCUT2D eigenvalue weighted by atomic mass is 79.9. The van der Waals surface area contributed by atoms with Gasteiger partial charge in [-0.25, -0.2) is 4.39 Å². The topological polar surface area (TPSA) is 44.7 Å². The monoisotopic (exact) mass is 511 g/mol. The van der Waals surface area contributed by atoms with Crippen molar-refractivity contribution in [3.63, 3.8) is 0 Å². The largest absolute Gasteiger partial charge is 0.591 e.